The Morgan fingerprint density at radius 3 is 2.58 bits per heavy atom. The summed E-state index contributed by atoms with van der Waals surface area (Å²) < 4.78 is 0. The summed E-state index contributed by atoms with van der Waals surface area (Å²) in [6.07, 6.45) is 0. The molecule has 0 unspecified atom stereocenters. The highest BCUT2D eigenvalue weighted by Gasteiger charge is 2.16. The van der Waals surface area contributed by atoms with E-state index in [0.29, 0.717) is 29.2 Å². The summed E-state index contributed by atoms with van der Waals surface area (Å²) >= 11 is 5.86. The number of rotatable bonds is 5. The normalized spacial score (nSPS) is 12.6. The quantitative estimate of drug-likeness (QED) is 0.872. The van der Waals surface area contributed by atoms with E-state index in [9.17, 15) is 4.79 Å². The van der Waals surface area contributed by atoms with Gasteiger partial charge in [-0.3, -0.25) is 0 Å². The smallest absolute Gasteiger partial charge is 0.319 e. The first-order chi connectivity index (χ1) is 8.90. The molecule has 106 valence electrons. The zero-order valence-corrected chi connectivity index (χ0v) is 12.7. The molecule has 2 amide bonds. The average molecular weight is 284 g/mol. The molecule has 0 radical (unpaired) electrons. The second-order valence-corrected chi connectivity index (χ2v) is 5.56. The molecule has 1 aromatic rings. The third-order valence-corrected chi connectivity index (χ3v) is 3.22. The highest BCUT2D eigenvalue weighted by Crippen LogP contribution is 2.14. The van der Waals surface area contributed by atoms with Gasteiger partial charge >= 0.3 is 6.03 Å². The van der Waals surface area contributed by atoms with Crippen LogP contribution in [0.1, 0.15) is 13.8 Å². The molecular formula is C14H22ClN3O. The molecule has 0 bridgehead atoms. The third kappa shape index (κ3) is 5.49. The second kappa shape index (κ2) is 7.36. The van der Waals surface area contributed by atoms with Crippen molar-refractivity contribution in [3.8, 4) is 0 Å². The number of nitrogens with zero attached hydrogens (tertiary/aromatic N) is 1. The molecule has 19 heavy (non-hydrogen) atoms. The molecule has 1 aromatic carbocycles. The molecule has 0 aliphatic heterocycles. The standard InChI is InChI=1S/C14H22ClN3O/c1-10(2)13(18(3)4)9-16-14(19)17-12-7-5-6-11(15)8-12/h5-8,10,13H,9H2,1-4H3,(H2,16,17,19)/t13-/m1/s1. The first kappa shape index (κ1) is 15.8. The Labute approximate surface area is 120 Å². The predicted octanol–water partition coefficient (Wildman–Crippen LogP) is 3.05. The summed E-state index contributed by atoms with van der Waals surface area (Å²) in [5.41, 5.74) is 0.691. The Hall–Kier alpha value is -1.26. The lowest BCUT2D eigenvalue weighted by Gasteiger charge is -2.28. The molecule has 1 rings (SSSR count). The summed E-state index contributed by atoms with van der Waals surface area (Å²) in [4.78, 5) is 13.9. The van der Waals surface area contributed by atoms with E-state index in [1.54, 1.807) is 24.3 Å². The van der Waals surface area contributed by atoms with Crippen LogP contribution < -0.4 is 10.6 Å². The van der Waals surface area contributed by atoms with Crippen LogP contribution in [-0.4, -0.2) is 37.6 Å². The number of amides is 2. The average Bonchev–Trinajstić information content (AvgIpc) is 2.27. The molecule has 4 nitrogen and oxygen atoms in total. The molecule has 0 spiro atoms. The molecule has 0 heterocycles. The topological polar surface area (TPSA) is 44.4 Å². The van der Waals surface area contributed by atoms with Gasteiger partial charge in [0.1, 0.15) is 0 Å². The highest BCUT2D eigenvalue weighted by molar-refractivity contribution is 6.30. The van der Waals surface area contributed by atoms with Crippen molar-refractivity contribution in [3.63, 3.8) is 0 Å². The van der Waals surface area contributed by atoms with Crippen molar-refractivity contribution in [2.45, 2.75) is 19.9 Å². The van der Waals surface area contributed by atoms with Gasteiger partial charge in [0.05, 0.1) is 0 Å². The van der Waals surface area contributed by atoms with Crippen LogP contribution in [0.15, 0.2) is 24.3 Å². The van der Waals surface area contributed by atoms with Gasteiger partial charge < -0.3 is 15.5 Å². The van der Waals surface area contributed by atoms with Crippen LogP contribution in [0.25, 0.3) is 0 Å². The van der Waals surface area contributed by atoms with Crippen LogP contribution in [-0.2, 0) is 0 Å². The Morgan fingerprint density at radius 2 is 2.05 bits per heavy atom. The molecule has 0 saturated heterocycles. The number of hydrogen-bond acceptors (Lipinski definition) is 2. The molecule has 5 heteroatoms. The fraction of sp³-hybridized carbons (Fsp3) is 0.500. The lowest BCUT2D eigenvalue weighted by atomic mass is 10.0. The minimum absolute atomic E-state index is 0.213. The minimum Gasteiger partial charge on any atom is -0.336 e. The monoisotopic (exact) mass is 283 g/mol. The van der Waals surface area contributed by atoms with E-state index in [1.807, 2.05) is 14.1 Å². The number of nitrogens with one attached hydrogen (secondary N) is 2. The van der Waals surface area contributed by atoms with Gasteiger partial charge in [0.25, 0.3) is 0 Å². The van der Waals surface area contributed by atoms with Gasteiger partial charge in [-0.15, -0.1) is 0 Å². The molecule has 0 aliphatic rings. The zero-order valence-electron chi connectivity index (χ0n) is 11.9. The maximum Gasteiger partial charge on any atom is 0.319 e. The van der Waals surface area contributed by atoms with Crippen molar-refractivity contribution >= 4 is 23.3 Å². The van der Waals surface area contributed by atoms with E-state index in [-0.39, 0.29) is 6.03 Å². The molecule has 0 fully saturated rings. The first-order valence-corrected chi connectivity index (χ1v) is 6.74. The number of halogens is 1. The van der Waals surface area contributed by atoms with Gasteiger partial charge in [0.15, 0.2) is 0 Å². The maximum absolute atomic E-state index is 11.8. The van der Waals surface area contributed by atoms with Crippen LogP contribution in [0.2, 0.25) is 5.02 Å². The van der Waals surface area contributed by atoms with Gasteiger partial charge in [-0.2, -0.15) is 0 Å². The van der Waals surface area contributed by atoms with Crippen LogP contribution in [0.3, 0.4) is 0 Å². The predicted molar refractivity (Wildman–Crippen MR) is 80.8 cm³/mol. The van der Waals surface area contributed by atoms with Crippen molar-refractivity contribution in [3.05, 3.63) is 29.3 Å². The molecule has 2 N–H and O–H groups in total. The SMILES string of the molecule is CC(C)[C@@H](CNC(=O)Nc1cccc(Cl)c1)N(C)C. The number of benzene rings is 1. The maximum atomic E-state index is 11.8. The molecule has 1 atom stereocenters. The minimum atomic E-state index is -0.213. The van der Waals surface area contributed by atoms with E-state index in [2.05, 4.69) is 29.4 Å². The van der Waals surface area contributed by atoms with Gasteiger partial charge in [-0.1, -0.05) is 31.5 Å². The number of carbonyl (C=O) groups excluding carboxylic acids is 1. The second-order valence-electron chi connectivity index (χ2n) is 5.12. The largest absolute Gasteiger partial charge is 0.336 e. The summed E-state index contributed by atoms with van der Waals surface area (Å²) in [6, 6.07) is 7.18. The Kier molecular flexibility index (Phi) is 6.12. The number of urea groups is 1. The van der Waals surface area contributed by atoms with Crippen LogP contribution in [0.4, 0.5) is 10.5 Å². The van der Waals surface area contributed by atoms with Gasteiger partial charge in [0.2, 0.25) is 0 Å². The Balaban J connectivity index is 2.47. The Bertz CT molecular complexity index is 413. The van der Waals surface area contributed by atoms with Gasteiger partial charge in [-0.05, 0) is 38.2 Å². The lowest BCUT2D eigenvalue weighted by Crippen LogP contribution is -2.44. The summed E-state index contributed by atoms with van der Waals surface area (Å²) in [5, 5.41) is 6.24. The number of carbonyl (C=O) groups is 1. The lowest BCUT2D eigenvalue weighted by molar-refractivity contribution is 0.218. The number of likely N-dealkylation sites (N-methyl/N-ethyl adjacent to an activating group) is 1. The van der Waals surface area contributed by atoms with Crippen molar-refractivity contribution < 1.29 is 4.79 Å². The van der Waals surface area contributed by atoms with E-state index >= 15 is 0 Å². The number of hydrogen-bond donors (Lipinski definition) is 2. The van der Waals surface area contributed by atoms with Crippen molar-refractivity contribution in [2.24, 2.45) is 5.92 Å². The van der Waals surface area contributed by atoms with Crippen LogP contribution in [0.5, 0.6) is 0 Å². The molecular weight excluding hydrogens is 262 g/mol. The third-order valence-electron chi connectivity index (χ3n) is 2.99. The van der Waals surface area contributed by atoms with Crippen LogP contribution >= 0.6 is 11.6 Å². The highest BCUT2D eigenvalue weighted by atomic mass is 35.5. The van der Waals surface area contributed by atoms with E-state index in [0.717, 1.165) is 0 Å². The van der Waals surface area contributed by atoms with Crippen LogP contribution in [0, 0.1) is 5.92 Å². The number of anilines is 1. The van der Waals surface area contributed by atoms with Crippen molar-refractivity contribution in [1.82, 2.24) is 10.2 Å². The molecule has 0 saturated carbocycles. The van der Waals surface area contributed by atoms with E-state index in [1.165, 1.54) is 0 Å². The Morgan fingerprint density at radius 1 is 1.37 bits per heavy atom. The van der Waals surface area contributed by atoms with Crippen molar-refractivity contribution in [1.29, 1.82) is 0 Å². The molecule has 0 aromatic heterocycles. The van der Waals surface area contributed by atoms with Gasteiger partial charge in [-0.25, -0.2) is 4.79 Å². The fourth-order valence-electron chi connectivity index (χ4n) is 1.95. The summed E-state index contributed by atoms with van der Waals surface area (Å²) in [6.45, 7) is 4.89. The van der Waals surface area contributed by atoms with E-state index in [4.69, 9.17) is 11.6 Å². The first-order valence-electron chi connectivity index (χ1n) is 6.37. The fourth-order valence-corrected chi connectivity index (χ4v) is 2.14. The zero-order chi connectivity index (χ0) is 14.4. The van der Waals surface area contributed by atoms with E-state index < -0.39 is 0 Å². The van der Waals surface area contributed by atoms with Crippen molar-refractivity contribution in [2.75, 3.05) is 26.0 Å². The molecule has 0 aliphatic carbocycles. The van der Waals surface area contributed by atoms with Gasteiger partial charge in [0, 0.05) is 23.3 Å². The summed E-state index contributed by atoms with van der Waals surface area (Å²) in [5.74, 6) is 0.474. The summed E-state index contributed by atoms with van der Waals surface area (Å²) in [7, 11) is 4.03.